The van der Waals surface area contributed by atoms with Crippen LogP contribution in [0.3, 0.4) is 0 Å². The number of hydrogen-bond donors (Lipinski definition) is 1. The fraction of sp³-hybridized carbons (Fsp3) is 0.368. The number of nitrogens with one attached hydrogen (secondary N) is 1. The van der Waals surface area contributed by atoms with Crippen molar-refractivity contribution in [2.45, 2.75) is 32.7 Å². The van der Waals surface area contributed by atoms with E-state index in [1.54, 1.807) is 0 Å². The Morgan fingerprint density at radius 2 is 1.48 bits per heavy atom. The summed E-state index contributed by atoms with van der Waals surface area (Å²) in [6, 6.07) is 17.2. The molecule has 1 N–H and O–H groups in total. The minimum absolute atomic E-state index is 0.201. The van der Waals surface area contributed by atoms with Gasteiger partial charge in [0, 0.05) is 0 Å². The maximum absolute atomic E-state index is 5.88. The molecule has 0 saturated heterocycles. The highest BCUT2D eigenvalue weighted by molar-refractivity contribution is 5.28. The van der Waals surface area contributed by atoms with Gasteiger partial charge in [0.1, 0.15) is 12.4 Å². The summed E-state index contributed by atoms with van der Waals surface area (Å²) >= 11 is 0. The van der Waals surface area contributed by atoms with Crippen LogP contribution in [0.4, 0.5) is 0 Å². The summed E-state index contributed by atoms with van der Waals surface area (Å²) < 4.78 is 5.88. The number of rotatable bonds is 6. The lowest BCUT2D eigenvalue weighted by molar-refractivity contribution is 0.273. The second-order valence-electron chi connectivity index (χ2n) is 5.79. The fourth-order valence-electron chi connectivity index (χ4n) is 2.27. The first-order valence-corrected chi connectivity index (χ1v) is 7.56. The van der Waals surface area contributed by atoms with Gasteiger partial charge < -0.3 is 10.1 Å². The third-order valence-corrected chi connectivity index (χ3v) is 3.79. The van der Waals surface area contributed by atoms with Gasteiger partial charge in [0.2, 0.25) is 0 Å². The van der Waals surface area contributed by atoms with Crippen molar-refractivity contribution in [2.75, 3.05) is 13.7 Å². The van der Waals surface area contributed by atoms with Crippen LogP contribution in [-0.4, -0.2) is 13.7 Å². The van der Waals surface area contributed by atoms with Crippen molar-refractivity contribution in [3.63, 3.8) is 0 Å². The van der Waals surface area contributed by atoms with Crippen LogP contribution in [0.2, 0.25) is 0 Å². The molecule has 0 aliphatic carbocycles. The van der Waals surface area contributed by atoms with E-state index in [1.165, 1.54) is 16.7 Å². The van der Waals surface area contributed by atoms with Gasteiger partial charge in [0.05, 0.1) is 6.04 Å². The highest BCUT2D eigenvalue weighted by Gasteiger charge is 2.10. The van der Waals surface area contributed by atoms with E-state index in [1.807, 2.05) is 19.2 Å². The molecule has 1 atom stereocenters. The van der Waals surface area contributed by atoms with Crippen molar-refractivity contribution in [2.24, 2.45) is 0 Å². The van der Waals surface area contributed by atoms with Crippen molar-refractivity contribution in [3.05, 3.63) is 65.2 Å². The Hall–Kier alpha value is -1.80. The van der Waals surface area contributed by atoms with Crippen LogP contribution in [0.15, 0.2) is 48.5 Å². The van der Waals surface area contributed by atoms with E-state index in [0.717, 1.165) is 5.75 Å². The van der Waals surface area contributed by atoms with Crippen molar-refractivity contribution >= 4 is 0 Å². The van der Waals surface area contributed by atoms with Crippen molar-refractivity contribution < 1.29 is 4.74 Å². The molecule has 21 heavy (non-hydrogen) atoms. The summed E-state index contributed by atoms with van der Waals surface area (Å²) in [5.74, 6) is 1.48. The van der Waals surface area contributed by atoms with E-state index in [2.05, 4.69) is 62.5 Å². The molecule has 0 spiro atoms. The van der Waals surface area contributed by atoms with Gasteiger partial charge in [-0.1, -0.05) is 55.8 Å². The highest BCUT2D eigenvalue weighted by atomic mass is 16.5. The van der Waals surface area contributed by atoms with Crippen LogP contribution in [-0.2, 0) is 0 Å². The summed E-state index contributed by atoms with van der Waals surface area (Å²) in [5, 5.41) is 3.32. The minimum atomic E-state index is 0.201. The zero-order chi connectivity index (χ0) is 15.2. The molecule has 112 valence electrons. The van der Waals surface area contributed by atoms with Crippen LogP contribution in [0.1, 0.15) is 42.5 Å². The van der Waals surface area contributed by atoms with Gasteiger partial charge in [-0.15, -0.1) is 0 Å². The summed E-state index contributed by atoms with van der Waals surface area (Å²) in [5.41, 5.74) is 3.87. The second kappa shape index (κ2) is 7.28. The van der Waals surface area contributed by atoms with Crippen LogP contribution >= 0.6 is 0 Å². The first-order valence-electron chi connectivity index (χ1n) is 7.56. The van der Waals surface area contributed by atoms with Crippen molar-refractivity contribution in [3.8, 4) is 5.75 Å². The zero-order valence-corrected chi connectivity index (χ0v) is 13.4. The van der Waals surface area contributed by atoms with E-state index < -0.39 is 0 Å². The molecule has 0 radical (unpaired) electrons. The fourth-order valence-corrected chi connectivity index (χ4v) is 2.27. The van der Waals surface area contributed by atoms with Crippen molar-refractivity contribution in [1.29, 1.82) is 0 Å². The van der Waals surface area contributed by atoms with Gasteiger partial charge in [0.15, 0.2) is 0 Å². The standard InChI is InChI=1S/C19H25NO/c1-14(2)16-7-9-17(10-8-16)19(20-4)13-21-18-11-5-15(3)6-12-18/h5-12,14,19-20H,13H2,1-4H3. The van der Waals surface area contributed by atoms with Crippen LogP contribution in [0.5, 0.6) is 5.75 Å². The number of likely N-dealkylation sites (N-methyl/N-ethyl adjacent to an activating group) is 1. The summed E-state index contributed by atoms with van der Waals surface area (Å²) in [4.78, 5) is 0. The maximum atomic E-state index is 5.88. The van der Waals surface area contributed by atoms with Gasteiger partial charge in [-0.05, 0) is 43.1 Å². The normalized spacial score (nSPS) is 12.4. The Morgan fingerprint density at radius 1 is 0.905 bits per heavy atom. The molecule has 0 heterocycles. The zero-order valence-electron chi connectivity index (χ0n) is 13.4. The third-order valence-electron chi connectivity index (χ3n) is 3.79. The van der Waals surface area contributed by atoms with Crippen LogP contribution in [0, 0.1) is 6.92 Å². The second-order valence-corrected chi connectivity index (χ2v) is 5.79. The number of hydrogen-bond acceptors (Lipinski definition) is 2. The van der Waals surface area contributed by atoms with Gasteiger partial charge >= 0.3 is 0 Å². The van der Waals surface area contributed by atoms with E-state index in [0.29, 0.717) is 12.5 Å². The monoisotopic (exact) mass is 283 g/mol. The molecule has 2 nitrogen and oxygen atoms in total. The molecule has 2 heteroatoms. The molecule has 0 fully saturated rings. The average Bonchev–Trinajstić information content (AvgIpc) is 2.50. The summed E-state index contributed by atoms with van der Waals surface area (Å²) in [6.45, 7) is 7.13. The highest BCUT2D eigenvalue weighted by Crippen LogP contribution is 2.20. The predicted molar refractivity (Wildman–Crippen MR) is 89.0 cm³/mol. The Labute approximate surface area is 128 Å². The number of benzene rings is 2. The average molecular weight is 283 g/mol. The van der Waals surface area contributed by atoms with E-state index >= 15 is 0 Å². The SMILES string of the molecule is CNC(COc1ccc(C)cc1)c1ccc(C(C)C)cc1. The summed E-state index contributed by atoms with van der Waals surface area (Å²) in [6.07, 6.45) is 0. The molecule has 0 aromatic heterocycles. The predicted octanol–water partition coefficient (Wildman–Crippen LogP) is 4.46. The smallest absolute Gasteiger partial charge is 0.119 e. The van der Waals surface area contributed by atoms with Crippen LogP contribution in [0.25, 0.3) is 0 Å². The van der Waals surface area contributed by atoms with Gasteiger partial charge in [-0.3, -0.25) is 0 Å². The molecule has 2 rings (SSSR count). The minimum Gasteiger partial charge on any atom is -0.492 e. The first kappa shape index (κ1) is 15.6. The molecule has 0 amide bonds. The molecule has 2 aromatic rings. The van der Waals surface area contributed by atoms with Gasteiger partial charge in [-0.25, -0.2) is 0 Å². The summed E-state index contributed by atoms with van der Waals surface area (Å²) in [7, 11) is 1.97. The Morgan fingerprint density at radius 3 is 2.00 bits per heavy atom. The molecule has 0 aliphatic heterocycles. The lowest BCUT2D eigenvalue weighted by atomic mass is 9.99. The van der Waals surface area contributed by atoms with Gasteiger partial charge in [0.25, 0.3) is 0 Å². The molecule has 0 bridgehead atoms. The molecule has 1 unspecified atom stereocenters. The first-order chi connectivity index (χ1) is 10.1. The topological polar surface area (TPSA) is 21.3 Å². The Balaban J connectivity index is 2.00. The Bertz CT molecular complexity index is 543. The van der Waals surface area contributed by atoms with E-state index in [4.69, 9.17) is 4.74 Å². The molecular formula is C19H25NO. The maximum Gasteiger partial charge on any atom is 0.119 e. The number of ether oxygens (including phenoxy) is 1. The third kappa shape index (κ3) is 4.33. The lowest BCUT2D eigenvalue weighted by Gasteiger charge is -2.18. The van der Waals surface area contributed by atoms with E-state index in [9.17, 15) is 0 Å². The number of aryl methyl sites for hydroxylation is 1. The Kier molecular flexibility index (Phi) is 5.40. The lowest BCUT2D eigenvalue weighted by Crippen LogP contribution is -2.23. The van der Waals surface area contributed by atoms with Crippen LogP contribution < -0.4 is 10.1 Å². The largest absolute Gasteiger partial charge is 0.492 e. The van der Waals surface area contributed by atoms with E-state index in [-0.39, 0.29) is 6.04 Å². The molecule has 0 saturated carbocycles. The molecule has 2 aromatic carbocycles. The molecule has 0 aliphatic rings. The van der Waals surface area contributed by atoms with Gasteiger partial charge in [-0.2, -0.15) is 0 Å². The molecular weight excluding hydrogens is 258 g/mol. The quantitative estimate of drug-likeness (QED) is 0.845. The van der Waals surface area contributed by atoms with Crippen molar-refractivity contribution in [1.82, 2.24) is 5.32 Å².